The van der Waals surface area contributed by atoms with Crippen molar-refractivity contribution in [2.45, 2.75) is 309 Å². The Morgan fingerprint density at radius 1 is 0.286 bits per heavy atom. The third-order valence-electron chi connectivity index (χ3n) is 13.8. The second-order valence-corrected chi connectivity index (χ2v) is 21.3. The fraction of sp³-hybridized carbons (Fsp3) is 0.704. The molecule has 1 atom stereocenters. The molecule has 77 heavy (non-hydrogen) atoms. The molecule has 0 heterocycles. The first kappa shape index (κ1) is 73.1. The largest absolute Gasteiger partial charge is 0.462 e. The van der Waals surface area contributed by atoms with E-state index in [-0.39, 0.29) is 31.6 Å². The van der Waals surface area contributed by atoms with Gasteiger partial charge in [0.05, 0.1) is 6.42 Å². The Morgan fingerprint density at radius 2 is 0.558 bits per heavy atom. The summed E-state index contributed by atoms with van der Waals surface area (Å²) in [5, 5.41) is 0. The molecule has 0 saturated heterocycles. The fourth-order valence-corrected chi connectivity index (χ4v) is 8.93. The molecule has 0 spiro atoms. The van der Waals surface area contributed by atoms with Crippen molar-refractivity contribution in [2.75, 3.05) is 13.2 Å². The van der Waals surface area contributed by atoms with Crippen LogP contribution in [0.4, 0.5) is 0 Å². The van der Waals surface area contributed by atoms with Gasteiger partial charge in [0.25, 0.3) is 0 Å². The lowest BCUT2D eigenvalue weighted by Gasteiger charge is -2.18. The molecule has 6 heteroatoms. The summed E-state index contributed by atoms with van der Waals surface area (Å²) >= 11 is 0. The fourth-order valence-electron chi connectivity index (χ4n) is 8.93. The summed E-state index contributed by atoms with van der Waals surface area (Å²) in [5.74, 6) is -1.05. The lowest BCUT2D eigenvalue weighted by molar-refractivity contribution is -0.166. The molecule has 0 amide bonds. The molecule has 0 aromatic rings. The zero-order valence-electron chi connectivity index (χ0n) is 50.4. The van der Waals surface area contributed by atoms with Crippen molar-refractivity contribution in [1.29, 1.82) is 0 Å². The van der Waals surface area contributed by atoms with Crippen molar-refractivity contribution in [3.63, 3.8) is 0 Å². The van der Waals surface area contributed by atoms with Crippen LogP contribution in [0.3, 0.4) is 0 Å². The number of hydrogen-bond donors (Lipinski definition) is 0. The Bertz CT molecular complexity index is 1560. The first-order valence-electron chi connectivity index (χ1n) is 32.4. The average molecular weight is 1070 g/mol. The number of hydrogen-bond acceptors (Lipinski definition) is 6. The van der Waals surface area contributed by atoms with Gasteiger partial charge in [-0.2, -0.15) is 0 Å². The highest BCUT2D eigenvalue weighted by Crippen LogP contribution is 2.16. The number of unbranched alkanes of at least 4 members (excludes halogenated alkanes) is 30. The molecule has 0 aromatic carbocycles. The van der Waals surface area contributed by atoms with E-state index >= 15 is 0 Å². The lowest BCUT2D eigenvalue weighted by atomic mass is 10.0. The van der Waals surface area contributed by atoms with Crippen LogP contribution >= 0.6 is 0 Å². The molecule has 0 saturated carbocycles. The van der Waals surface area contributed by atoms with Gasteiger partial charge >= 0.3 is 17.9 Å². The molecular weight excluding hydrogens is 949 g/mol. The number of carbonyl (C=O) groups is 3. The standard InChI is InChI=1S/C71H120O6/c1-4-7-10-13-16-19-22-25-28-30-32-33-34-35-36-37-39-40-43-46-49-52-55-58-61-64-70(73)76-67-68(66-75-69(72)63-60-57-54-51-48-45-42-27-24-21-18-15-12-9-6-3)77-71(74)65-62-59-56-53-50-47-44-41-38-31-29-26-23-20-17-14-11-8-5-2/h9,12,17-18,20-21,26-27,29-30,32,38,41-42,48,51,57,60,68H,4-8,10-11,13-16,19,22-25,28,31,33-37,39-40,43-47,49-50,52-56,58-59,61-67H2,1-3H3/b12-9-,20-17-,21-18-,29-26-,32-30-,41-38-,42-27-,51-48-,60-57-. The van der Waals surface area contributed by atoms with Crippen molar-refractivity contribution in [3.8, 4) is 0 Å². The first-order chi connectivity index (χ1) is 38.0. The Morgan fingerprint density at radius 3 is 0.948 bits per heavy atom. The Balaban J connectivity index is 4.41. The molecule has 440 valence electrons. The third kappa shape index (κ3) is 62.8. The van der Waals surface area contributed by atoms with Crippen LogP contribution < -0.4 is 0 Å². The highest BCUT2D eigenvalue weighted by atomic mass is 16.6. The lowest BCUT2D eigenvalue weighted by Crippen LogP contribution is -2.30. The van der Waals surface area contributed by atoms with Crippen molar-refractivity contribution >= 4 is 17.9 Å². The zero-order chi connectivity index (χ0) is 55.7. The molecule has 0 aliphatic heterocycles. The van der Waals surface area contributed by atoms with Crippen LogP contribution in [0.5, 0.6) is 0 Å². The zero-order valence-corrected chi connectivity index (χ0v) is 50.4. The molecule has 1 unspecified atom stereocenters. The summed E-state index contributed by atoms with van der Waals surface area (Å²) in [4.78, 5) is 38.3. The van der Waals surface area contributed by atoms with E-state index in [0.29, 0.717) is 12.8 Å². The van der Waals surface area contributed by atoms with Crippen LogP contribution in [0, 0.1) is 0 Å². The molecule has 0 fully saturated rings. The topological polar surface area (TPSA) is 78.9 Å². The summed E-state index contributed by atoms with van der Waals surface area (Å²) in [6, 6.07) is 0. The Kier molecular flexibility index (Phi) is 61.3. The molecule has 0 bridgehead atoms. The van der Waals surface area contributed by atoms with Gasteiger partial charge in [-0.15, -0.1) is 0 Å². The number of allylic oxidation sites excluding steroid dienone is 17. The van der Waals surface area contributed by atoms with Crippen molar-refractivity contribution in [1.82, 2.24) is 0 Å². The van der Waals surface area contributed by atoms with Crippen LogP contribution in [0.2, 0.25) is 0 Å². The Labute approximate surface area is 476 Å². The molecule has 0 radical (unpaired) electrons. The molecule has 0 aliphatic carbocycles. The van der Waals surface area contributed by atoms with Gasteiger partial charge in [0.15, 0.2) is 6.10 Å². The van der Waals surface area contributed by atoms with Crippen LogP contribution in [-0.4, -0.2) is 37.2 Å². The van der Waals surface area contributed by atoms with E-state index in [1.807, 2.05) is 6.08 Å². The highest BCUT2D eigenvalue weighted by Gasteiger charge is 2.19. The summed E-state index contributed by atoms with van der Waals surface area (Å²) < 4.78 is 16.8. The van der Waals surface area contributed by atoms with E-state index in [2.05, 4.69) is 118 Å². The molecule has 0 N–H and O–H groups in total. The van der Waals surface area contributed by atoms with Gasteiger partial charge in [-0.25, -0.2) is 0 Å². The maximum absolute atomic E-state index is 12.9. The van der Waals surface area contributed by atoms with Crippen molar-refractivity contribution < 1.29 is 28.6 Å². The van der Waals surface area contributed by atoms with Crippen molar-refractivity contribution in [3.05, 3.63) is 109 Å². The van der Waals surface area contributed by atoms with Gasteiger partial charge in [0.1, 0.15) is 13.2 Å². The third-order valence-corrected chi connectivity index (χ3v) is 13.8. The van der Waals surface area contributed by atoms with E-state index in [1.165, 1.54) is 167 Å². The van der Waals surface area contributed by atoms with Crippen LogP contribution in [-0.2, 0) is 28.6 Å². The average Bonchev–Trinajstić information content (AvgIpc) is 3.43. The van der Waals surface area contributed by atoms with Crippen molar-refractivity contribution in [2.24, 2.45) is 0 Å². The minimum atomic E-state index is -0.828. The first-order valence-corrected chi connectivity index (χ1v) is 32.4. The van der Waals surface area contributed by atoms with E-state index in [9.17, 15) is 14.4 Å². The number of ether oxygens (including phenoxy) is 3. The maximum Gasteiger partial charge on any atom is 0.309 e. The molecule has 6 nitrogen and oxygen atoms in total. The summed E-state index contributed by atoms with van der Waals surface area (Å²) in [5.41, 5.74) is 0. The van der Waals surface area contributed by atoms with E-state index in [4.69, 9.17) is 14.2 Å². The van der Waals surface area contributed by atoms with Crippen LogP contribution in [0.15, 0.2) is 109 Å². The molecular formula is C71H120O6. The molecule has 0 rings (SSSR count). The van der Waals surface area contributed by atoms with Gasteiger partial charge in [-0.1, -0.05) is 284 Å². The van der Waals surface area contributed by atoms with E-state index < -0.39 is 12.1 Å². The Hall–Kier alpha value is -3.93. The maximum atomic E-state index is 12.9. The smallest absolute Gasteiger partial charge is 0.309 e. The minimum Gasteiger partial charge on any atom is -0.462 e. The second-order valence-electron chi connectivity index (χ2n) is 21.3. The predicted molar refractivity (Wildman–Crippen MR) is 334 cm³/mol. The van der Waals surface area contributed by atoms with Gasteiger partial charge < -0.3 is 14.2 Å². The molecule has 0 aliphatic rings. The number of rotatable bonds is 58. The molecule has 0 aromatic heterocycles. The summed E-state index contributed by atoms with van der Waals surface area (Å²) in [6.45, 7) is 6.42. The highest BCUT2D eigenvalue weighted by molar-refractivity contribution is 5.72. The minimum absolute atomic E-state index is 0.114. The number of esters is 3. The number of carbonyl (C=O) groups excluding carboxylic acids is 3. The van der Waals surface area contributed by atoms with E-state index in [0.717, 1.165) is 96.3 Å². The quantitative estimate of drug-likeness (QED) is 0.0261. The van der Waals surface area contributed by atoms with Gasteiger partial charge in [0.2, 0.25) is 0 Å². The monoisotopic (exact) mass is 1070 g/mol. The van der Waals surface area contributed by atoms with Gasteiger partial charge in [0, 0.05) is 12.8 Å². The van der Waals surface area contributed by atoms with E-state index in [1.54, 1.807) is 6.08 Å². The normalized spacial score (nSPS) is 12.8. The summed E-state index contributed by atoms with van der Waals surface area (Å²) in [7, 11) is 0. The summed E-state index contributed by atoms with van der Waals surface area (Å²) in [6.07, 6.45) is 88.4. The SMILES string of the molecule is CC/C=C\C/C=C\C/C=C\C/C=C\C/C=C\CC(=O)OCC(COC(=O)CCCCCCCCCCCCCCC/C=C\CCCCCCCCCC)OC(=O)CCCCCCCC/C=C\C/C=C\C/C=C\CCCCC. The second kappa shape index (κ2) is 64.6. The van der Waals surface area contributed by atoms with Crippen LogP contribution in [0.1, 0.15) is 303 Å². The predicted octanol–water partition coefficient (Wildman–Crippen LogP) is 22.2. The van der Waals surface area contributed by atoms with Gasteiger partial charge in [-0.05, 0) is 109 Å². The van der Waals surface area contributed by atoms with Crippen LogP contribution in [0.25, 0.3) is 0 Å². The van der Waals surface area contributed by atoms with Gasteiger partial charge in [-0.3, -0.25) is 14.4 Å².